The van der Waals surface area contributed by atoms with Gasteiger partial charge >= 0.3 is 5.97 Å². The first kappa shape index (κ1) is 11.3. The van der Waals surface area contributed by atoms with E-state index in [0.717, 1.165) is 0 Å². The van der Waals surface area contributed by atoms with Crippen LogP contribution < -0.4 is 0 Å². The van der Waals surface area contributed by atoms with Crippen LogP contribution in [0.2, 0.25) is 0 Å². The second kappa shape index (κ2) is 4.33. The van der Waals surface area contributed by atoms with Gasteiger partial charge in [-0.2, -0.15) is 0 Å². The number of aryl methyl sites for hydroxylation is 1. The molecule has 0 aliphatic carbocycles. The molecule has 1 aromatic heterocycles. The molecule has 0 fully saturated rings. The number of hydrogen-bond acceptors (Lipinski definition) is 2. The number of carboxylic acids is 1. The molecule has 0 aliphatic heterocycles. The molecule has 2 rings (SSSR count). The number of phenolic OH excluding ortho intramolecular Hbond substituents is 1. The Morgan fingerprint density at radius 2 is 1.88 bits per heavy atom. The van der Waals surface area contributed by atoms with E-state index < -0.39 is 11.9 Å². The predicted octanol–water partition coefficient (Wildman–Crippen LogP) is 1.95. The summed E-state index contributed by atoms with van der Waals surface area (Å²) in [5, 5.41) is 18.5. The van der Waals surface area contributed by atoms with Gasteiger partial charge in [-0.25, -0.2) is 0 Å². The van der Waals surface area contributed by atoms with Crippen LogP contribution in [0.25, 0.3) is 0 Å². The summed E-state index contributed by atoms with van der Waals surface area (Å²) in [5.74, 6) is -1.49. The van der Waals surface area contributed by atoms with Crippen LogP contribution in [0.15, 0.2) is 42.6 Å². The first-order valence-electron chi connectivity index (χ1n) is 5.22. The van der Waals surface area contributed by atoms with Crippen LogP contribution in [0.1, 0.15) is 17.2 Å². The van der Waals surface area contributed by atoms with Crippen molar-refractivity contribution in [3.8, 4) is 5.75 Å². The zero-order valence-corrected chi connectivity index (χ0v) is 9.37. The largest absolute Gasteiger partial charge is 0.508 e. The number of rotatable bonds is 3. The molecule has 1 unspecified atom stereocenters. The second-order valence-corrected chi connectivity index (χ2v) is 3.91. The Balaban J connectivity index is 2.47. The van der Waals surface area contributed by atoms with Crippen molar-refractivity contribution in [1.82, 2.24) is 4.57 Å². The van der Waals surface area contributed by atoms with Gasteiger partial charge in [-0.05, 0) is 29.8 Å². The first-order chi connectivity index (χ1) is 8.09. The van der Waals surface area contributed by atoms with Gasteiger partial charge in [-0.1, -0.05) is 12.1 Å². The van der Waals surface area contributed by atoms with Gasteiger partial charge < -0.3 is 14.8 Å². The minimum Gasteiger partial charge on any atom is -0.508 e. The lowest BCUT2D eigenvalue weighted by Crippen LogP contribution is -2.15. The molecule has 2 aromatic rings. The summed E-state index contributed by atoms with van der Waals surface area (Å²) in [6.07, 6.45) is 1.81. The molecule has 0 radical (unpaired) electrons. The van der Waals surface area contributed by atoms with Crippen LogP contribution in [-0.4, -0.2) is 20.7 Å². The Morgan fingerprint density at radius 3 is 2.35 bits per heavy atom. The molecule has 0 amide bonds. The fraction of sp³-hybridized carbons (Fsp3) is 0.154. The third kappa shape index (κ3) is 2.15. The van der Waals surface area contributed by atoms with Crippen molar-refractivity contribution in [3.05, 3.63) is 53.9 Å². The standard InChI is InChI=1S/C13H13NO3/c1-14-8-2-3-11(14)12(13(16)17)9-4-6-10(15)7-5-9/h2-8,12,15H,1H3,(H,16,17). The van der Waals surface area contributed by atoms with Crippen molar-refractivity contribution in [2.45, 2.75) is 5.92 Å². The van der Waals surface area contributed by atoms with E-state index in [-0.39, 0.29) is 5.75 Å². The summed E-state index contributed by atoms with van der Waals surface area (Å²) in [6.45, 7) is 0. The summed E-state index contributed by atoms with van der Waals surface area (Å²) in [5.41, 5.74) is 1.36. The summed E-state index contributed by atoms with van der Waals surface area (Å²) in [7, 11) is 1.81. The van der Waals surface area contributed by atoms with E-state index >= 15 is 0 Å². The summed E-state index contributed by atoms with van der Waals surface area (Å²) < 4.78 is 1.78. The summed E-state index contributed by atoms with van der Waals surface area (Å²) in [6, 6.07) is 9.84. The van der Waals surface area contributed by atoms with Crippen molar-refractivity contribution in [2.75, 3.05) is 0 Å². The lowest BCUT2D eigenvalue weighted by Gasteiger charge is -2.14. The van der Waals surface area contributed by atoms with Gasteiger partial charge in [0.15, 0.2) is 0 Å². The Kier molecular flexibility index (Phi) is 2.87. The Morgan fingerprint density at radius 1 is 1.24 bits per heavy atom. The van der Waals surface area contributed by atoms with E-state index in [0.29, 0.717) is 11.3 Å². The van der Waals surface area contributed by atoms with Gasteiger partial charge in [0, 0.05) is 18.9 Å². The molecule has 2 N–H and O–H groups in total. The molecule has 1 heterocycles. The van der Waals surface area contributed by atoms with Crippen molar-refractivity contribution in [2.24, 2.45) is 7.05 Å². The number of nitrogens with zero attached hydrogens (tertiary/aromatic N) is 1. The van der Waals surface area contributed by atoms with Crippen molar-refractivity contribution in [3.63, 3.8) is 0 Å². The normalized spacial score (nSPS) is 12.3. The Hall–Kier alpha value is -2.23. The number of carbonyl (C=O) groups is 1. The molecular formula is C13H13NO3. The minimum atomic E-state index is -0.905. The molecule has 0 bridgehead atoms. The van der Waals surface area contributed by atoms with E-state index in [4.69, 9.17) is 0 Å². The van der Waals surface area contributed by atoms with Gasteiger partial charge in [0.1, 0.15) is 11.7 Å². The number of benzene rings is 1. The third-order valence-electron chi connectivity index (χ3n) is 2.75. The maximum absolute atomic E-state index is 11.4. The van der Waals surface area contributed by atoms with Crippen LogP contribution in [-0.2, 0) is 11.8 Å². The molecule has 0 aliphatic rings. The van der Waals surface area contributed by atoms with Crippen molar-refractivity contribution >= 4 is 5.97 Å². The molecule has 1 aromatic carbocycles. The Labute approximate surface area is 98.8 Å². The van der Waals surface area contributed by atoms with Gasteiger partial charge in [-0.15, -0.1) is 0 Å². The molecule has 1 atom stereocenters. The molecule has 88 valence electrons. The SMILES string of the molecule is Cn1cccc1C(C(=O)O)c1ccc(O)cc1. The molecule has 4 heteroatoms. The maximum Gasteiger partial charge on any atom is 0.317 e. The van der Waals surface area contributed by atoms with Crippen LogP contribution >= 0.6 is 0 Å². The molecular weight excluding hydrogens is 218 g/mol. The molecule has 4 nitrogen and oxygen atoms in total. The topological polar surface area (TPSA) is 62.5 Å². The minimum absolute atomic E-state index is 0.129. The first-order valence-corrected chi connectivity index (χ1v) is 5.22. The molecule has 0 spiro atoms. The number of aromatic hydroxyl groups is 1. The van der Waals surface area contributed by atoms with Gasteiger partial charge in [0.25, 0.3) is 0 Å². The van der Waals surface area contributed by atoms with Gasteiger partial charge in [0.05, 0.1) is 0 Å². The van der Waals surface area contributed by atoms with Gasteiger partial charge in [-0.3, -0.25) is 4.79 Å². The number of carboxylic acid groups (broad SMARTS) is 1. The number of aliphatic carboxylic acids is 1. The van der Waals surface area contributed by atoms with E-state index in [1.807, 2.05) is 19.3 Å². The fourth-order valence-electron chi connectivity index (χ4n) is 1.88. The highest BCUT2D eigenvalue weighted by Gasteiger charge is 2.23. The van der Waals surface area contributed by atoms with E-state index in [9.17, 15) is 15.0 Å². The van der Waals surface area contributed by atoms with E-state index in [1.165, 1.54) is 12.1 Å². The van der Waals surface area contributed by atoms with Crippen molar-refractivity contribution in [1.29, 1.82) is 0 Å². The smallest absolute Gasteiger partial charge is 0.317 e. The van der Waals surface area contributed by atoms with Crippen LogP contribution in [0.5, 0.6) is 5.75 Å². The van der Waals surface area contributed by atoms with Crippen molar-refractivity contribution < 1.29 is 15.0 Å². The van der Waals surface area contributed by atoms with Crippen LogP contribution in [0.4, 0.5) is 0 Å². The zero-order chi connectivity index (χ0) is 12.4. The quantitative estimate of drug-likeness (QED) is 0.848. The number of phenols is 1. The van der Waals surface area contributed by atoms with Gasteiger partial charge in [0.2, 0.25) is 0 Å². The van der Waals surface area contributed by atoms with Crippen LogP contribution in [0, 0.1) is 0 Å². The predicted molar refractivity (Wildman–Crippen MR) is 63.0 cm³/mol. The zero-order valence-electron chi connectivity index (χ0n) is 9.37. The molecule has 0 saturated carbocycles. The number of aromatic nitrogens is 1. The highest BCUT2D eigenvalue weighted by molar-refractivity contribution is 5.79. The second-order valence-electron chi connectivity index (χ2n) is 3.91. The van der Waals surface area contributed by atoms with Crippen LogP contribution in [0.3, 0.4) is 0 Å². The Bertz CT molecular complexity index is 528. The monoisotopic (exact) mass is 231 g/mol. The summed E-state index contributed by atoms with van der Waals surface area (Å²) >= 11 is 0. The maximum atomic E-state index is 11.4. The van der Waals surface area contributed by atoms with E-state index in [1.54, 1.807) is 22.8 Å². The fourth-order valence-corrected chi connectivity index (χ4v) is 1.88. The third-order valence-corrected chi connectivity index (χ3v) is 2.75. The van der Waals surface area contributed by atoms with E-state index in [2.05, 4.69) is 0 Å². The highest BCUT2D eigenvalue weighted by atomic mass is 16.4. The summed E-state index contributed by atoms with van der Waals surface area (Å²) in [4.78, 5) is 11.4. The lowest BCUT2D eigenvalue weighted by molar-refractivity contribution is -0.137. The lowest BCUT2D eigenvalue weighted by atomic mass is 9.96. The number of hydrogen-bond donors (Lipinski definition) is 2. The average molecular weight is 231 g/mol. The molecule has 0 saturated heterocycles. The average Bonchev–Trinajstić information content (AvgIpc) is 2.68. The molecule has 17 heavy (non-hydrogen) atoms. The highest BCUT2D eigenvalue weighted by Crippen LogP contribution is 2.26.